The monoisotopic (exact) mass is 633 g/mol. The Bertz CT molecular complexity index is 1480. The molecular weight excluding hydrogens is 600 g/mol. The maximum absolute atomic E-state index is 14.2. The van der Waals surface area contributed by atoms with Gasteiger partial charge in [0.2, 0.25) is 21.8 Å². The predicted octanol–water partition coefficient (Wildman–Crippen LogP) is 5.99. The Morgan fingerprint density at radius 2 is 1.62 bits per heavy atom. The molecule has 0 bridgehead atoms. The number of carbonyl (C=O) groups is 2. The molecule has 42 heavy (non-hydrogen) atoms. The van der Waals surface area contributed by atoms with Gasteiger partial charge in [0.1, 0.15) is 18.4 Å². The van der Waals surface area contributed by atoms with Crippen LogP contribution in [0.1, 0.15) is 43.2 Å². The normalized spacial score (nSPS) is 14.7. The highest BCUT2D eigenvalue weighted by atomic mass is 35.5. The van der Waals surface area contributed by atoms with Gasteiger partial charge >= 0.3 is 0 Å². The van der Waals surface area contributed by atoms with Crippen molar-refractivity contribution in [1.29, 1.82) is 0 Å². The Morgan fingerprint density at radius 3 is 2.26 bits per heavy atom. The molecule has 0 radical (unpaired) electrons. The SMILES string of the molecule is CS(=O)(=O)N(CC(=O)N(Cc1ccc(F)cc1)[C@@H](Cc1ccccc1)C(=O)NC1CCCCC1)c1cc(Cl)ccc1Cl. The van der Waals surface area contributed by atoms with Crippen molar-refractivity contribution in [3.05, 3.63) is 99.8 Å². The largest absolute Gasteiger partial charge is 0.352 e. The van der Waals surface area contributed by atoms with Crippen LogP contribution in [0.2, 0.25) is 10.0 Å². The molecule has 1 fully saturated rings. The summed E-state index contributed by atoms with van der Waals surface area (Å²) >= 11 is 12.5. The van der Waals surface area contributed by atoms with E-state index in [2.05, 4.69) is 5.32 Å². The number of benzene rings is 3. The molecule has 224 valence electrons. The van der Waals surface area contributed by atoms with Crippen molar-refractivity contribution in [1.82, 2.24) is 10.2 Å². The lowest BCUT2D eigenvalue weighted by molar-refractivity contribution is -0.140. The highest BCUT2D eigenvalue weighted by molar-refractivity contribution is 7.92. The van der Waals surface area contributed by atoms with Gasteiger partial charge in [-0.15, -0.1) is 0 Å². The van der Waals surface area contributed by atoms with Crippen LogP contribution in [0.25, 0.3) is 0 Å². The minimum atomic E-state index is -4.00. The standard InChI is InChI=1S/C31H34Cl2FN3O4S/c1-42(40,41)37(28-19-24(32)14-17-27(28)33)21-30(38)36(20-23-12-15-25(34)16-13-23)29(18-22-8-4-2-5-9-22)31(39)35-26-10-6-3-7-11-26/h2,4-5,8-9,12-17,19,26,29H,3,6-7,10-11,18,20-21H2,1H3,(H,35,39)/t29-/m0/s1. The second kappa shape index (κ2) is 14.4. The summed E-state index contributed by atoms with van der Waals surface area (Å²) in [4.78, 5) is 29.5. The fraction of sp³-hybridized carbons (Fsp3) is 0.355. The number of halogens is 3. The van der Waals surface area contributed by atoms with Gasteiger partial charge in [0.05, 0.1) is 17.0 Å². The lowest BCUT2D eigenvalue weighted by atomic mass is 9.94. The highest BCUT2D eigenvalue weighted by Gasteiger charge is 2.34. The molecule has 7 nitrogen and oxygen atoms in total. The van der Waals surface area contributed by atoms with Crippen LogP contribution in [0.3, 0.4) is 0 Å². The van der Waals surface area contributed by atoms with Crippen molar-refractivity contribution >= 4 is 50.7 Å². The van der Waals surface area contributed by atoms with Crippen molar-refractivity contribution < 1.29 is 22.4 Å². The molecule has 0 aliphatic heterocycles. The minimum absolute atomic E-state index is 0.00918. The molecule has 0 saturated heterocycles. The smallest absolute Gasteiger partial charge is 0.244 e. The Labute approximate surface area is 256 Å². The number of hydrogen-bond donors (Lipinski definition) is 1. The summed E-state index contributed by atoms with van der Waals surface area (Å²) in [6.07, 6.45) is 6.01. The number of sulfonamides is 1. The number of hydrogen-bond acceptors (Lipinski definition) is 4. The van der Waals surface area contributed by atoms with Crippen molar-refractivity contribution in [3.8, 4) is 0 Å². The number of nitrogens with one attached hydrogen (secondary N) is 1. The Kier molecular flexibility index (Phi) is 10.9. The predicted molar refractivity (Wildman–Crippen MR) is 165 cm³/mol. The second-order valence-electron chi connectivity index (χ2n) is 10.6. The molecule has 3 aromatic rings. The first-order valence-electron chi connectivity index (χ1n) is 13.8. The third-order valence-electron chi connectivity index (χ3n) is 7.34. The van der Waals surface area contributed by atoms with Crippen molar-refractivity contribution in [2.75, 3.05) is 17.1 Å². The van der Waals surface area contributed by atoms with E-state index in [0.717, 1.165) is 48.2 Å². The molecule has 4 rings (SSSR count). The van der Waals surface area contributed by atoms with Gasteiger partial charge in [0.15, 0.2) is 0 Å². The zero-order valence-corrected chi connectivity index (χ0v) is 25.6. The lowest BCUT2D eigenvalue weighted by Gasteiger charge is -2.35. The molecule has 11 heteroatoms. The molecule has 1 aliphatic rings. The first-order valence-corrected chi connectivity index (χ1v) is 16.4. The Morgan fingerprint density at radius 1 is 0.952 bits per heavy atom. The van der Waals surface area contributed by atoms with Gasteiger partial charge in [-0.2, -0.15) is 0 Å². The van der Waals surface area contributed by atoms with Crippen LogP contribution in [0.5, 0.6) is 0 Å². The van der Waals surface area contributed by atoms with E-state index in [1.54, 1.807) is 0 Å². The molecule has 1 N–H and O–H groups in total. The third-order valence-corrected chi connectivity index (χ3v) is 9.03. The summed E-state index contributed by atoms with van der Waals surface area (Å²) in [6, 6.07) is 18.3. The number of rotatable bonds is 11. The van der Waals surface area contributed by atoms with E-state index in [4.69, 9.17) is 23.2 Å². The van der Waals surface area contributed by atoms with Crippen LogP contribution < -0.4 is 9.62 Å². The number of nitrogens with zero attached hydrogens (tertiary/aromatic N) is 2. The van der Waals surface area contributed by atoms with Gasteiger partial charge in [-0.3, -0.25) is 13.9 Å². The first-order chi connectivity index (χ1) is 20.0. The van der Waals surface area contributed by atoms with Crippen molar-refractivity contribution in [2.45, 2.75) is 57.2 Å². The summed E-state index contributed by atoms with van der Waals surface area (Å²) in [6.45, 7) is -0.669. The summed E-state index contributed by atoms with van der Waals surface area (Å²) in [5, 5.41) is 3.48. The van der Waals surface area contributed by atoms with Crippen molar-refractivity contribution in [3.63, 3.8) is 0 Å². The average molecular weight is 635 g/mol. The van der Waals surface area contributed by atoms with Gasteiger partial charge in [0, 0.05) is 24.0 Å². The van der Waals surface area contributed by atoms with Crippen LogP contribution in [-0.2, 0) is 32.6 Å². The summed E-state index contributed by atoms with van der Waals surface area (Å²) in [5.74, 6) is -1.39. The zero-order chi connectivity index (χ0) is 30.3. The van der Waals surface area contributed by atoms with E-state index in [-0.39, 0.29) is 40.6 Å². The van der Waals surface area contributed by atoms with Gasteiger partial charge in [-0.05, 0) is 54.3 Å². The molecule has 1 aliphatic carbocycles. The van der Waals surface area contributed by atoms with E-state index in [9.17, 15) is 22.4 Å². The van der Waals surface area contributed by atoms with E-state index >= 15 is 0 Å². The highest BCUT2D eigenvalue weighted by Crippen LogP contribution is 2.31. The van der Waals surface area contributed by atoms with Gasteiger partial charge in [-0.1, -0.05) is 84.9 Å². The molecule has 0 heterocycles. The third kappa shape index (κ3) is 8.69. The number of carbonyl (C=O) groups excluding carboxylic acids is 2. The van der Waals surface area contributed by atoms with Gasteiger partial charge in [0.25, 0.3) is 0 Å². The zero-order valence-electron chi connectivity index (χ0n) is 23.3. The van der Waals surface area contributed by atoms with Crippen LogP contribution >= 0.6 is 23.2 Å². The Balaban J connectivity index is 1.73. The van der Waals surface area contributed by atoms with E-state index in [0.29, 0.717) is 5.56 Å². The van der Waals surface area contributed by atoms with E-state index in [1.807, 2.05) is 30.3 Å². The molecule has 3 aromatic carbocycles. The fourth-order valence-corrected chi connectivity index (χ4v) is 6.45. The maximum atomic E-state index is 14.2. The first kappa shape index (κ1) is 31.8. The average Bonchev–Trinajstić information content (AvgIpc) is 2.96. The molecule has 0 spiro atoms. The van der Waals surface area contributed by atoms with E-state index in [1.165, 1.54) is 47.4 Å². The van der Waals surface area contributed by atoms with Crippen LogP contribution in [-0.4, -0.2) is 50.0 Å². The van der Waals surface area contributed by atoms with Crippen LogP contribution in [0.4, 0.5) is 10.1 Å². The topological polar surface area (TPSA) is 86.8 Å². The fourth-order valence-electron chi connectivity index (χ4n) is 5.16. The second-order valence-corrected chi connectivity index (χ2v) is 13.3. The molecule has 2 amide bonds. The molecule has 0 unspecified atom stereocenters. The van der Waals surface area contributed by atoms with Gasteiger partial charge in [-0.25, -0.2) is 12.8 Å². The number of amides is 2. The Hall–Kier alpha value is -3.14. The van der Waals surface area contributed by atoms with Gasteiger partial charge < -0.3 is 10.2 Å². The minimum Gasteiger partial charge on any atom is -0.352 e. The lowest BCUT2D eigenvalue weighted by Crippen LogP contribution is -2.55. The molecule has 0 aromatic heterocycles. The summed E-state index contributed by atoms with van der Waals surface area (Å²) in [5.41, 5.74) is 1.46. The van der Waals surface area contributed by atoms with Crippen LogP contribution in [0.15, 0.2) is 72.8 Å². The molecular formula is C31H34Cl2FN3O4S. The molecule has 1 atom stereocenters. The van der Waals surface area contributed by atoms with E-state index < -0.39 is 34.3 Å². The number of anilines is 1. The summed E-state index contributed by atoms with van der Waals surface area (Å²) in [7, 11) is -4.00. The van der Waals surface area contributed by atoms with Crippen molar-refractivity contribution in [2.24, 2.45) is 0 Å². The quantitative estimate of drug-likeness (QED) is 0.281. The molecule has 1 saturated carbocycles. The summed E-state index contributed by atoms with van der Waals surface area (Å²) < 4.78 is 40.5. The van der Waals surface area contributed by atoms with Crippen LogP contribution in [0, 0.1) is 5.82 Å². The maximum Gasteiger partial charge on any atom is 0.244 e.